The number of carbonyl (C=O) groups is 1. The van der Waals surface area contributed by atoms with Gasteiger partial charge in [-0.25, -0.2) is 4.79 Å². The fourth-order valence-electron chi connectivity index (χ4n) is 1.74. The standard InChI is InChI=1S/C11H17NO2/c1-4-11(12(2)3)7-5-9(6-8-11)10(13)14/h5-7H,4,8H2,1-3H3,(H,13,14). The maximum atomic E-state index is 10.7. The van der Waals surface area contributed by atoms with Crippen LogP contribution < -0.4 is 0 Å². The van der Waals surface area contributed by atoms with Crippen LogP contribution >= 0.6 is 0 Å². The molecule has 1 aliphatic rings. The molecule has 0 aliphatic heterocycles. The van der Waals surface area contributed by atoms with E-state index < -0.39 is 5.97 Å². The Labute approximate surface area is 84.7 Å². The smallest absolute Gasteiger partial charge is 0.335 e. The molecule has 1 atom stereocenters. The van der Waals surface area contributed by atoms with Crippen molar-refractivity contribution in [1.82, 2.24) is 4.90 Å². The van der Waals surface area contributed by atoms with Crippen LogP contribution in [0.3, 0.4) is 0 Å². The monoisotopic (exact) mass is 195 g/mol. The molecule has 1 unspecified atom stereocenters. The summed E-state index contributed by atoms with van der Waals surface area (Å²) in [5, 5.41) is 8.79. The SMILES string of the molecule is CCC1(N(C)C)C=CC(C(=O)O)=CC1. The van der Waals surface area contributed by atoms with Gasteiger partial charge in [-0.05, 0) is 26.9 Å². The lowest BCUT2D eigenvalue weighted by molar-refractivity contribution is -0.132. The van der Waals surface area contributed by atoms with Crippen LogP contribution in [-0.2, 0) is 4.79 Å². The first-order valence-electron chi connectivity index (χ1n) is 4.82. The van der Waals surface area contributed by atoms with Crippen molar-refractivity contribution >= 4 is 5.97 Å². The number of rotatable bonds is 3. The molecule has 14 heavy (non-hydrogen) atoms. The van der Waals surface area contributed by atoms with E-state index in [1.54, 1.807) is 12.2 Å². The Bertz CT molecular complexity index is 292. The molecule has 0 aromatic carbocycles. The van der Waals surface area contributed by atoms with E-state index in [4.69, 9.17) is 5.11 Å². The Balaban J connectivity index is 2.85. The first-order chi connectivity index (χ1) is 6.52. The van der Waals surface area contributed by atoms with Gasteiger partial charge in [0.15, 0.2) is 0 Å². The summed E-state index contributed by atoms with van der Waals surface area (Å²) in [7, 11) is 4.04. The van der Waals surface area contributed by atoms with Gasteiger partial charge >= 0.3 is 5.97 Å². The third-order valence-corrected chi connectivity index (χ3v) is 3.00. The van der Waals surface area contributed by atoms with Crippen molar-refractivity contribution in [2.24, 2.45) is 0 Å². The quantitative estimate of drug-likeness (QED) is 0.744. The van der Waals surface area contributed by atoms with Crippen molar-refractivity contribution in [1.29, 1.82) is 0 Å². The van der Waals surface area contributed by atoms with E-state index in [2.05, 4.69) is 11.8 Å². The van der Waals surface area contributed by atoms with E-state index in [-0.39, 0.29) is 5.54 Å². The molecule has 0 fully saturated rings. The molecule has 78 valence electrons. The number of carboxylic acids is 1. The van der Waals surface area contributed by atoms with Gasteiger partial charge in [0.25, 0.3) is 0 Å². The van der Waals surface area contributed by atoms with Gasteiger partial charge in [0.05, 0.1) is 5.57 Å². The number of hydrogen-bond acceptors (Lipinski definition) is 2. The molecule has 3 nitrogen and oxygen atoms in total. The minimum absolute atomic E-state index is 0.00104. The predicted molar refractivity (Wildman–Crippen MR) is 56.2 cm³/mol. The van der Waals surface area contributed by atoms with Crippen molar-refractivity contribution < 1.29 is 9.90 Å². The average Bonchev–Trinajstić information content (AvgIpc) is 2.17. The van der Waals surface area contributed by atoms with Crippen LogP contribution in [0.25, 0.3) is 0 Å². The Kier molecular flexibility index (Phi) is 3.11. The van der Waals surface area contributed by atoms with Crippen LogP contribution in [0, 0.1) is 0 Å². The zero-order chi connectivity index (χ0) is 10.8. The summed E-state index contributed by atoms with van der Waals surface area (Å²) in [6.45, 7) is 2.12. The molecule has 0 aromatic heterocycles. The van der Waals surface area contributed by atoms with E-state index in [0.717, 1.165) is 12.8 Å². The van der Waals surface area contributed by atoms with Crippen LogP contribution in [0.1, 0.15) is 19.8 Å². The van der Waals surface area contributed by atoms with E-state index in [1.807, 2.05) is 20.2 Å². The molecule has 0 amide bonds. The van der Waals surface area contributed by atoms with Crippen LogP contribution in [-0.4, -0.2) is 35.6 Å². The van der Waals surface area contributed by atoms with Gasteiger partial charge in [0.1, 0.15) is 0 Å². The highest BCUT2D eigenvalue weighted by Crippen LogP contribution is 2.28. The van der Waals surface area contributed by atoms with Crippen LogP contribution in [0.15, 0.2) is 23.8 Å². The van der Waals surface area contributed by atoms with Gasteiger partial charge in [-0.1, -0.05) is 25.2 Å². The van der Waals surface area contributed by atoms with Crippen LogP contribution in [0.4, 0.5) is 0 Å². The van der Waals surface area contributed by atoms with Crippen molar-refractivity contribution in [2.45, 2.75) is 25.3 Å². The summed E-state index contributed by atoms with van der Waals surface area (Å²) in [6, 6.07) is 0. The number of carboxylic acid groups (broad SMARTS) is 1. The molecule has 1 aliphatic carbocycles. The number of likely N-dealkylation sites (N-methyl/N-ethyl adjacent to an activating group) is 1. The molecule has 1 N–H and O–H groups in total. The van der Waals surface area contributed by atoms with Crippen molar-refractivity contribution in [3.05, 3.63) is 23.8 Å². The number of aliphatic carboxylic acids is 1. The highest BCUT2D eigenvalue weighted by molar-refractivity contribution is 5.90. The van der Waals surface area contributed by atoms with Crippen molar-refractivity contribution in [3.8, 4) is 0 Å². The topological polar surface area (TPSA) is 40.5 Å². The van der Waals surface area contributed by atoms with Crippen LogP contribution in [0.2, 0.25) is 0 Å². The van der Waals surface area contributed by atoms with Gasteiger partial charge in [0, 0.05) is 5.54 Å². The summed E-state index contributed by atoms with van der Waals surface area (Å²) in [6.07, 6.45) is 7.26. The first-order valence-corrected chi connectivity index (χ1v) is 4.82. The molecule has 0 spiro atoms. The maximum Gasteiger partial charge on any atom is 0.335 e. The molecule has 0 bridgehead atoms. The number of hydrogen-bond donors (Lipinski definition) is 1. The second-order valence-electron chi connectivity index (χ2n) is 3.85. The summed E-state index contributed by atoms with van der Waals surface area (Å²) < 4.78 is 0. The Morgan fingerprint density at radius 1 is 1.64 bits per heavy atom. The molecular weight excluding hydrogens is 178 g/mol. The minimum atomic E-state index is -0.843. The number of nitrogens with zero attached hydrogens (tertiary/aromatic N) is 1. The Morgan fingerprint density at radius 2 is 2.29 bits per heavy atom. The lowest BCUT2D eigenvalue weighted by Crippen LogP contribution is -2.42. The third kappa shape index (κ3) is 1.87. The molecule has 0 saturated heterocycles. The Hall–Kier alpha value is -1.09. The van der Waals surface area contributed by atoms with Crippen molar-refractivity contribution in [2.75, 3.05) is 14.1 Å². The zero-order valence-corrected chi connectivity index (χ0v) is 8.95. The van der Waals surface area contributed by atoms with Gasteiger partial charge in [-0.3, -0.25) is 4.90 Å². The summed E-state index contributed by atoms with van der Waals surface area (Å²) in [5.41, 5.74) is 0.398. The van der Waals surface area contributed by atoms with E-state index >= 15 is 0 Å². The highest BCUT2D eigenvalue weighted by Gasteiger charge is 2.29. The maximum absolute atomic E-state index is 10.7. The molecule has 1 rings (SSSR count). The lowest BCUT2D eigenvalue weighted by Gasteiger charge is -2.37. The fourth-order valence-corrected chi connectivity index (χ4v) is 1.74. The molecule has 3 heteroatoms. The van der Waals surface area contributed by atoms with Gasteiger partial charge in [-0.15, -0.1) is 0 Å². The van der Waals surface area contributed by atoms with E-state index in [9.17, 15) is 4.79 Å². The average molecular weight is 195 g/mol. The van der Waals surface area contributed by atoms with E-state index in [0.29, 0.717) is 5.57 Å². The second-order valence-corrected chi connectivity index (χ2v) is 3.85. The summed E-state index contributed by atoms with van der Waals surface area (Å²) in [4.78, 5) is 12.8. The normalized spacial score (nSPS) is 26.4. The van der Waals surface area contributed by atoms with Gasteiger partial charge < -0.3 is 5.11 Å². The van der Waals surface area contributed by atoms with Gasteiger partial charge in [0.2, 0.25) is 0 Å². The first kappa shape index (κ1) is 11.0. The summed E-state index contributed by atoms with van der Waals surface area (Å²) >= 11 is 0. The molecule has 0 saturated carbocycles. The van der Waals surface area contributed by atoms with Crippen molar-refractivity contribution in [3.63, 3.8) is 0 Å². The van der Waals surface area contributed by atoms with Gasteiger partial charge in [-0.2, -0.15) is 0 Å². The second kappa shape index (κ2) is 3.96. The molecule has 0 aromatic rings. The molecule has 0 radical (unpaired) electrons. The Morgan fingerprint density at radius 3 is 2.57 bits per heavy atom. The molecular formula is C11H17NO2. The third-order valence-electron chi connectivity index (χ3n) is 3.00. The zero-order valence-electron chi connectivity index (χ0n) is 8.95. The summed E-state index contributed by atoms with van der Waals surface area (Å²) in [5.74, 6) is -0.843. The van der Waals surface area contributed by atoms with E-state index in [1.165, 1.54) is 0 Å². The lowest BCUT2D eigenvalue weighted by atomic mass is 9.85. The minimum Gasteiger partial charge on any atom is -0.478 e. The predicted octanol–water partition coefficient (Wildman–Crippen LogP) is 1.67. The molecule has 0 heterocycles. The highest BCUT2D eigenvalue weighted by atomic mass is 16.4. The van der Waals surface area contributed by atoms with Crippen LogP contribution in [0.5, 0.6) is 0 Å². The fraction of sp³-hybridized carbons (Fsp3) is 0.545. The largest absolute Gasteiger partial charge is 0.478 e.